The van der Waals surface area contributed by atoms with Gasteiger partial charge < -0.3 is 29.6 Å². The van der Waals surface area contributed by atoms with Crippen LogP contribution in [0.25, 0.3) is 10.9 Å². The number of hydrogen-bond acceptors (Lipinski definition) is 10. The molecule has 3 unspecified atom stereocenters. The summed E-state index contributed by atoms with van der Waals surface area (Å²) in [4.78, 5) is 41.8. The fourth-order valence-electron chi connectivity index (χ4n) is 11.6. The summed E-state index contributed by atoms with van der Waals surface area (Å²) in [5, 5.41) is 8.74. The molecule has 2 N–H and O–H groups in total. The van der Waals surface area contributed by atoms with Crippen LogP contribution in [-0.4, -0.2) is 74.6 Å². The maximum atomic E-state index is 12.7. The normalized spacial score (nSPS) is 33.9. The molecule has 10 nitrogen and oxygen atoms in total. The molecule has 4 saturated carbocycles. The average Bonchev–Trinajstić information content (AvgIpc) is 3.48. The monoisotopic (exact) mass is 753 g/mol. The van der Waals surface area contributed by atoms with Gasteiger partial charge >= 0.3 is 17.9 Å². The number of benzene rings is 1. The third-order valence-electron chi connectivity index (χ3n) is 14.1. The number of pyridine rings is 1. The molecular weight excluding hydrogens is 694 g/mol. The van der Waals surface area contributed by atoms with Crippen molar-refractivity contribution in [2.45, 2.75) is 111 Å². The van der Waals surface area contributed by atoms with Gasteiger partial charge in [0, 0.05) is 73.5 Å². The number of carbonyl (C=O) groups excluding carboxylic acids is 3. The Bertz CT molecular complexity index is 1620. The minimum Gasteiger partial charge on any atom is -0.469 e. The van der Waals surface area contributed by atoms with Gasteiger partial charge in [-0.15, -0.1) is 0 Å². The van der Waals surface area contributed by atoms with Crippen LogP contribution in [0.15, 0.2) is 30.5 Å². The number of nitrogens with zero attached hydrogens (tertiary/aromatic N) is 1. The molecule has 11 heteroatoms. The molecule has 292 valence electrons. The van der Waals surface area contributed by atoms with Crippen LogP contribution in [0.3, 0.4) is 0 Å². The van der Waals surface area contributed by atoms with Gasteiger partial charge in [0.1, 0.15) is 12.2 Å². The van der Waals surface area contributed by atoms with Crippen molar-refractivity contribution in [3.63, 3.8) is 0 Å². The van der Waals surface area contributed by atoms with Gasteiger partial charge in [-0.1, -0.05) is 32.4 Å². The van der Waals surface area contributed by atoms with E-state index >= 15 is 0 Å². The molecule has 6 rings (SSSR count). The van der Waals surface area contributed by atoms with Crippen molar-refractivity contribution in [3.8, 4) is 0 Å². The lowest BCUT2D eigenvalue weighted by Gasteiger charge is -2.64. The van der Waals surface area contributed by atoms with Crippen LogP contribution in [0.2, 0.25) is 5.02 Å². The van der Waals surface area contributed by atoms with Gasteiger partial charge in [-0.05, 0) is 111 Å². The molecule has 53 heavy (non-hydrogen) atoms. The highest BCUT2D eigenvalue weighted by atomic mass is 35.5. The molecule has 1 aromatic heterocycles. The van der Waals surface area contributed by atoms with Gasteiger partial charge in [0.15, 0.2) is 0 Å². The lowest BCUT2D eigenvalue weighted by Crippen LogP contribution is -2.63. The maximum Gasteiger partial charge on any atom is 0.305 e. The first-order chi connectivity index (χ1) is 25.3. The van der Waals surface area contributed by atoms with Gasteiger partial charge in [-0.3, -0.25) is 19.4 Å². The van der Waals surface area contributed by atoms with Crippen molar-refractivity contribution in [2.75, 3.05) is 38.7 Å². The van der Waals surface area contributed by atoms with E-state index in [4.69, 9.17) is 30.5 Å². The van der Waals surface area contributed by atoms with Crippen molar-refractivity contribution in [3.05, 3.63) is 35.5 Å². The summed E-state index contributed by atoms with van der Waals surface area (Å²) in [5.41, 5.74) is 1.67. The number of anilines is 1. The molecule has 0 bridgehead atoms. The highest BCUT2D eigenvalue weighted by molar-refractivity contribution is 6.31. The van der Waals surface area contributed by atoms with Gasteiger partial charge in [0.25, 0.3) is 0 Å². The molecule has 4 aliphatic rings. The van der Waals surface area contributed by atoms with E-state index in [9.17, 15) is 14.4 Å². The van der Waals surface area contributed by atoms with E-state index in [0.717, 1.165) is 87.6 Å². The Morgan fingerprint density at radius 1 is 0.981 bits per heavy atom. The number of carbonyl (C=O) groups is 3. The highest BCUT2D eigenvalue weighted by Gasteiger charge is 2.67. The predicted octanol–water partition coefficient (Wildman–Crippen LogP) is 7.61. The average molecular weight is 754 g/mol. The third kappa shape index (κ3) is 8.35. The standard InChI is InChI=1S/C42H60ClN3O7/c1-25(7-12-39(49)50-6)32-10-11-33-40-34(24-38(42(32,33)5)53-27(3)48)41(4)15-13-30(21-28(41)22-37(40)52-26(2)47)51-20-19-44-17-18-46-35-14-16-45-36-23-29(43)8-9-31(35)36/h8-9,14,16,23,25,28,30,32-34,37-38,40,44H,7,10-13,15,17-22,24H2,1-6H3,(H,45,46)/t25-,28+,30-,32-,33?,34?,37-,38+,40?,41+,42-/m1/s1. The SMILES string of the molecule is COC(=O)CC[C@@H](C)[C@H]1CCC2C3C(C[C@H](OC(C)=O)[C@@]21C)[C@@]1(C)CC[C@@H](OCCNCCNc2ccnc4cc(Cl)ccc24)C[C@H]1C[C@H]3OC(C)=O. The van der Waals surface area contributed by atoms with Crippen LogP contribution in [0, 0.1) is 46.3 Å². The number of nitrogens with one attached hydrogen (secondary N) is 2. The van der Waals surface area contributed by atoms with E-state index < -0.39 is 0 Å². The molecule has 0 saturated heterocycles. The van der Waals surface area contributed by atoms with Crippen LogP contribution in [0.1, 0.15) is 92.4 Å². The third-order valence-corrected chi connectivity index (χ3v) is 14.3. The summed E-state index contributed by atoms with van der Waals surface area (Å²) < 4.78 is 24.0. The summed E-state index contributed by atoms with van der Waals surface area (Å²) in [6.45, 7) is 13.0. The minimum absolute atomic E-state index is 0.0296. The van der Waals surface area contributed by atoms with Crippen molar-refractivity contribution in [2.24, 2.45) is 46.3 Å². The van der Waals surface area contributed by atoms with Crippen molar-refractivity contribution in [1.29, 1.82) is 0 Å². The van der Waals surface area contributed by atoms with E-state index in [1.807, 2.05) is 24.3 Å². The molecule has 0 radical (unpaired) electrons. The Morgan fingerprint density at radius 3 is 2.53 bits per heavy atom. The van der Waals surface area contributed by atoms with Crippen LogP contribution in [0.4, 0.5) is 5.69 Å². The van der Waals surface area contributed by atoms with Gasteiger partial charge in [-0.25, -0.2) is 0 Å². The molecule has 11 atom stereocenters. The molecule has 1 aromatic carbocycles. The number of methoxy groups -OCH3 is 1. The molecule has 4 fully saturated rings. The summed E-state index contributed by atoms with van der Waals surface area (Å²) in [6, 6.07) is 7.74. The topological polar surface area (TPSA) is 125 Å². The Kier molecular flexibility index (Phi) is 12.6. The number of halogens is 1. The number of hydrogen-bond donors (Lipinski definition) is 2. The van der Waals surface area contributed by atoms with E-state index in [0.29, 0.717) is 24.0 Å². The van der Waals surface area contributed by atoms with E-state index in [2.05, 4.69) is 36.4 Å². The molecule has 4 aliphatic carbocycles. The first-order valence-electron chi connectivity index (χ1n) is 19.9. The quantitative estimate of drug-likeness (QED) is 0.113. The molecule has 1 heterocycles. The second-order valence-corrected chi connectivity index (χ2v) is 17.3. The fourth-order valence-corrected chi connectivity index (χ4v) is 11.7. The minimum atomic E-state index is -0.271. The smallest absolute Gasteiger partial charge is 0.305 e. The summed E-state index contributed by atoms with van der Waals surface area (Å²) >= 11 is 6.14. The number of ether oxygens (including phenoxy) is 4. The maximum absolute atomic E-state index is 12.7. The van der Waals surface area contributed by atoms with Crippen molar-refractivity contribution in [1.82, 2.24) is 10.3 Å². The number of fused-ring (bicyclic) bond motifs is 6. The van der Waals surface area contributed by atoms with Crippen LogP contribution in [-0.2, 0) is 33.3 Å². The Balaban J connectivity index is 1.08. The summed E-state index contributed by atoms with van der Waals surface area (Å²) in [5.74, 6) is 0.947. The Labute approximate surface area is 320 Å². The van der Waals surface area contributed by atoms with Gasteiger partial charge in [0.05, 0.1) is 25.3 Å². The summed E-state index contributed by atoms with van der Waals surface area (Å²) in [7, 11) is 1.44. The number of esters is 3. The van der Waals surface area contributed by atoms with E-state index in [-0.39, 0.29) is 76.6 Å². The lowest BCUT2D eigenvalue weighted by atomic mass is 9.43. The molecule has 2 aromatic rings. The van der Waals surface area contributed by atoms with Gasteiger partial charge in [-0.2, -0.15) is 0 Å². The molecule has 0 spiro atoms. The zero-order valence-corrected chi connectivity index (χ0v) is 33.2. The lowest BCUT2D eigenvalue weighted by molar-refractivity contribution is -0.224. The van der Waals surface area contributed by atoms with Crippen LogP contribution in [0.5, 0.6) is 0 Å². The molecule has 0 amide bonds. The molecule has 0 aliphatic heterocycles. The number of aromatic nitrogens is 1. The van der Waals surface area contributed by atoms with Crippen molar-refractivity contribution < 1.29 is 33.3 Å². The second kappa shape index (κ2) is 16.8. The highest BCUT2D eigenvalue weighted by Crippen LogP contribution is 2.69. The Morgan fingerprint density at radius 2 is 1.77 bits per heavy atom. The van der Waals surface area contributed by atoms with Crippen LogP contribution < -0.4 is 10.6 Å². The van der Waals surface area contributed by atoms with E-state index in [1.54, 1.807) is 6.20 Å². The zero-order chi connectivity index (χ0) is 37.9. The first kappa shape index (κ1) is 39.7. The molecular formula is C42H60ClN3O7. The first-order valence-corrected chi connectivity index (χ1v) is 20.2. The van der Waals surface area contributed by atoms with Gasteiger partial charge in [0.2, 0.25) is 0 Å². The summed E-state index contributed by atoms with van der Waals surface area (Å²) in [6.07, 6.45) is 9.25. The largest absolute Gasteiger partial charge is 0.469 e. The number of rotatable bonds is 14. The van der Waals surface area contributed by atoms with E-state index in [1.165, 1.54) is 21.0 Å². The predicted molar refractivity (Wildman–Crippen MR) is 205 cm³/mol. The zero-order valence-electron chi connectivity index (χ0n) is 32.5. The second-order valence-electron chi connectivity index (χ2n) is 16.8. The van der Waals surface area contributed by atoms with Crippen LogP contribution >= 0.6 is 11.6 Å². The Hall–Kier alpha value is -2.95. The van der Waals surface area contributed by atoms with Crippen molar-refractivity contribution >= 4 is 46.1 Å². The fraction of sp³-hybridized carbons (Fsp3) is 0.714.